The van der Waals surface area contributed by atoms with E-state index in [4.69, 9.17) is 21.7 Å². The van der Waals surface area contributed by atoms with Crippen molar-refractivity contribution < 1.29 is 9.47 Å². The molecule has 0 atom stereocenters. The Hall–Kier alpha value is -0.390. The van der Waals surface area contributed by atoms with Gasteiger partial charge in [0.25, 0.3) is 0 Å². The van der Waals surface area contributed by atoms with Crippen LogP contribution in [0.2, 0.25) is 0 Å². The Kier molecular flexibility index (Phi) is 8.29. The Bertz CT molecular complexity index is 225. The maximum absolute atomic E-state index is 5.49. The highest BCUT2D eigenvalue weighted by Crippen LogP contribution is 2.17. The average molecular weight is 274 g/mol. The van der Waals surface area contributed by atoms with Gasteiger partial charge in [-0.3, -0.25) is 0 Å². The molecule has 1 N–H and O–H groups in total. The van der Waals surface area contributed by atoms with Crippen molar-refractivity contribution in [1.29, 1.82) is 0 Å². The molecule has 0 unspecified atom stereocenters. The summed E-state index contributed by atoms with van der Waals surface area (Å²) in [4.78, 5) is 2.14. The Morgan fingerprint density at radius 1 is 1.11 bits per heavy atom. The molecule has 1 rings (SSSR count). The number of ether oxygens (including phenoxy) is 2. The third kappa shape index (κ3) is 5.98. The van der Waals surface area contributed by atoms with Crippen LogP contribution in [-0.2, 0) is 9.47 Å². The molecule has 0 aromatic heterocycles. The predicted octanol–water partition coefficient (Wildman–Crippen LogP) is 1.79. The minimum atomic E-state index is 0.554. The smallest absolute Gasteiger partial charge is 0.169 e. The van der Waals surface area contributed by atoms with Gasteiger partial charge in [-0.1, -0.05) is 19.3 Å². The molecule has 5 heteroatoms. The van der Waals surface area contributed by atoms with Crippen LogP contribution in [0.4, 0.5) is 0 Å². The largest absolute Gasteiger partial charge is 0.383 e. The molecule has 0 bridgehead atoms. The lowest BCUT2D eigenvalue weighted by Gasteiger charge is -2.30. The fourth-order valence-corrected chi connectivity index (χ4v) is 2.58. The Balaban J connectivity index is 2.35. The van der Waals surface area contributed by atoms with Gasteiger partial charge in [-0.15, -0.1) is 0 Å². The summed E-state index contributed by atoms with van der Waals surface area (Å²) in [7, 11) is 3.43. The highest BCUT2D eigenvalue weighted by Gasteiger charge is 2.17. The molecule has 1 fully saturated rings. The quantitative estimate of drug-likeness (QED) is 0.716. The van der Waals surface area contributed by atoms with E-state index in [2.05, 4.69) is 10.2 Å². The standard InChI is InChI=1S/C13H26N2O2S/c1-16-10-8-15(9-11-17-2)13(18)14-12-6-4-3-5-7-12/h12H,3-11H2,1-2H3,(H,14,18). The van der Waals surface area contributed by atoms with Gasteiger partial charge in [-0.25, -0.2) is 0 Å². The van der Waals surface area contributed by atoms with Crippen molar-refractivity contribution >= 4 is 17.3 Å². The molecule has 0 radical (unpaired) electrons. The van der Waals surface area contributed by atoms with Gasteiger partial charge in [0.2, 0.25) is 0 Å². The van der Waals surface area contributed by atoms with Gasteiger partial charge < -0.3 is 19.7 Å². The van der Waals surface area contributed by atoms with Gasteiger partial charge in [0, 0.05) is 33.4 Å². The van der Waals surface area contributed by atoms with Crippen LogP contribution in [0.15, 0.2) is 0 Å². The Morgan fingerprint density at radius 3 is 2.17 bits per heavy atom. The van der Waals surface area contributed by atoms with Crippen molar-refractivity contribution in [2.24, 2.45) is 0 Å². The van der Waals surface area contributed by atoms with Crippen molar-refractivity contribution in [3.63, 3.8) is 0 Å². The van der Waals surface area contributed by atoms with Crippen LogP contribution in [-0.4, -0.2) is 56.6 Å². The average Bonchev–Trinajstić information content (AvgIpc) is 2.40. The van der Waals surface area contributed by atoms with E-state index in [-0.39, 0.29) is 0 Å². The molecule has 4 nitrogen and oxygen atoms in total. The molecule has 0 aromatic rings. The summed E-state index contributed by atoms with van der Waals surface area (Å²) in [6.07, 6.45) is 6.47. The van der Waals surface area contributed by atoms with Gasteiger partial charge >= 0.3 is 0 Å². The van der Waals surface area contributed by atoms with Crippen LogP contribution < -0.4 is 5.32 Å². The number of methoxy groups -OCH3 is 2. The van der Waals surface area contributed by atoms with Crippen LogP contribution >= 0.6 is 12.2 Å². The van der Waals surface area contributed by atoms with Crippen LogP contribution in [0.5, 0.6) is 0 Å². The number of nitrogens with one attached hydrogen (secondary N) is 1. The van der Waals surface area contributed by atoms with E-state index in [9.17, 15) is 0 Å². The summed E-state index contributed by atoms with van der Waals surface area (Å²) in [6, 6.07) is 0.554. The van der Waals surface area contributed by atoms with Crippen molar-refractivity contribution in [3.05, 3.63) is 0 Å². The highest BCUT2D eigenvalue weighted by molar-refractivity contribution is 7.80. The van der Waals surface area contributed by atoms with E-state index in [1.165, 1.54) is 32.1 Å². The second kappa shape index (κ2) is 9.53. The lowest BCUT2D eigenvalue weighted by molar-refractivity contribution is 0.145. The lowest BCUT2D eigenvalue weighted by Crippen LogP contribution is -2.47. The third-order valence-corrected chi connectivity index (χ3v) is 3.73. The minimum absolute atomic E-state index is 0.554. The SMILES string of the molecule is COCCN(CCOC)C(=S)NC1CCCCC1. The molecule has 1 aliphatic rings. The fourth-order valence-electron chi connectivity index (χ4n) is 2.23. The van der Waals surface area contributed by atoms with Gasteiger partial charge in [-0.2, -0.15) is 0 Å². The Labute approximate surface area is 116 Å². The summed E-state index contributed by atoms with van der Waals surface area (Å²) in [6.45, 7) is 3.02. The first-order chi connectivity index (χ1) is 8.77. The molecular weight excluding hydrogens is 248 g/mol. The van der Waals surface area contributed by atoms with E-state index in [0.717, 1.165) is 18.2 Å². The first-order valence-corrected chi connectivity index (χ1v) is 7.22. The first kappa shape index (κ1) is 15.7. The predicted molar refractivity (Wildman–Crippen MR) is 77.9 cm³/mol. The fraction of sp³-hybridized carbons (Fsp3) is 0.923. The van der Waals surface area contributed by atoms with Gasteiger partial charge in [0.05, 0.1) is 13.2 Å². The summed E-state index contributed by atoms with van der Waals surface area (Å²) in [5.41, 5.74) is 0. The topological polar surface area (TPSA) is 33.7 Å². The maximum atomic E-state index is 5.49. The van der Waals surface area contributed by atoms with Gasteiger partial charge in [-0.05, 0) is 25.1 Å². The second-order valence-electron chi connectivity index (χ2n) is 4.76. The van der Waals surface area contributed by atoms with E-state index >= 15 is 0 Å². The number of thiocarbonyl (C=S) groups is 1. The number of nitrogens with zero attached hydrogens (tertiary/aromatic N) is 1. The van der Waals surface area contributed by atoms with Crippen molar-refractivity contribution in [2.45, 2.75) is 38.1 Å². The van der Waals surface area contributed by atoms with Crippen molar-refractivity contribution in [1.82, 2.24) is 10.2 Å². The van der Waals surface area contributed by atoms with Crippen LogP contribution in [0, 0.1) is 0 Å². The van der Waals surface area contributed by atoms with E-state index in [1.807, 2.05) is 0 Å². The minimum Gasteiger partial charge on any atom is -0.383 e. The molecule has 1 saturated carbocycles. The summed E-state index contributed by atoms with van der Waals surface area (Å²) in [5, 5.41) is 4.33. The zero-order chi connectivity index (χ0) is 13.2. The summed E-state index contributed by atoms with van der Waals surface area (Å²) in [5.74, 6) is 0. The molecule has 0 amide bonds. The summed E-state index contributed by atoms with van der Waals surface area (Å²) < 4.78 is 10.2. The van der Waals surface area contributed by atoms with Gasteiger partial charge in [0.1, 0.15) is 0 Å². The Morgan fingerprint density at radius 2 is 1.67 bits per heavy atom. The lowest BCUT2D eigenvalue weighted by atomic mass is 9.96. The molecule has 1 aliphatic carbocycles. The molecule has 0 aromatic carbocycles. The van der Waals surface area contributed by atoms with Crippen molar-refractivity contribution in [3.8, 4) is 0 Å². The van der Waals surface area contributed by atoms with E-state index < -0.39 is 0 Å². The third-order valence-electron chi connectivity index (χ3n) is 3.35. The van der Waals surface area contributed by atoms with Crippen LogP contribution in [0.1, 0.15) is 32.1 Å². The summed E-state index contributed by atoms with van der Waals surface area (Å²) >= 11 is 5.49. The molecular formula is C13H26N2O2S. The van der Waals surface area contributed by atoms with Crippen LogP contribution in [0.25, 0.3) is 0 Å². The van der Waals surface area contributed by atoms with E-state index in [1.54, 1.807) is 14.2 Å². The van der Waals surface area contributed by atoms with Crippen LogP contribution in [0.3, 0.4) is 0 Å². The number of hydrogen-bond donors (Lipinski definition) is 1. The molecule has 0 heterocycles. The highest BCUT2D eigenvalue weighted by atomic mass is 32.1. The second-order valence-corrected chi connectivity index (χ2v) is 5.14. The molecule has 0 saturated heterocycles. The van der Waals surface area contributed by atoms with E-state index in [0.29, 0.717) is 19.3 Å². The zero-order valence-electron chi connectivity index (χ0n) is 11.6. The monoisotopic (exact) mass is 274 g/mol. The number of hydrogen-bond acceptors (Lipinski definition) is 3. The normalized spacial score (nSPS) is 16.6. The molecule has 0 aliphatic heterocycles. The van der Waals surface area contributed by atoms with Gasteiger partial charge in [0.15, 0.2) is 5.11 Å². The number of rotatable bonds is 7. The first-order valence-electron chi connectivity index (χ1n) is 6.81. The maximum Gasteiger partial charge on any atom is 0.169 e. The molecule has 0 spiro atoms. The molecule has 18 heavy (non-hydrogen) atoms. The molecule has 106 valence electrons. The zero-order valence-corrected chi connectivity index (χ0v) is 12.4. The van der Waals surface area contributed by atoms with Crippen molar-refractivity contribution in [2.75, 3.05) is 40.5 Å².